The van der Waals surface area contributed by atoms with E-state index in [-0.39, 0.29) is 13.2 Å². The fourth-order valence-electron chi connectivity index (χ4n) is 1.92. The molecule has 0 spiro atoms. The monoisotopic (exact) mass is 265 g/mol. The molecule has 0 aliphatic rings. The molecular weight excluding hydrogens is 246 g/mol. The summed E-state index contributed by atoms with van der Waals surface area (Å²) >= 11 is 0. The topological polar surface area (TPSA) is 64.6 Å². The van der Waals surface area contributed by atoms with Gasteiger partial charge in [-0.3, -0.25) is 4.79 Å². The predicted octanol–water partition coefficient (Wildman–Crippen LogP) is 1.49. The summed E-state index contributed by atoms with van der Waals surface area (Å²) < 4.78 is 9.87. The zero-order valence-electron chi connectivity index (χ0n) is 11.7. The first-order valence-corrected chi connectivity index (χ1v) is 6.08. The summed E-state index contributed by atoms with van der Waals surface area (Å²) in [6, 6.07) is 3.83. The van der Waals surface area contributed by atoms with E-state index in [1.54, 1.807) is 14.0 Å². The Bertz CT molecular complexity index is 459. The van der Waals surface area contributed by atoms with E-state index in [1.807, 2.05) is 26.0 Å². The van der Waals surface area contributed by atoms with Crippen LogP contribution in [0.5, 0.6) is 5.75 Å². The van der Waals surface area contributed by atoms with Crippen molar-refractivity contribution in [3.63, 3.8) is 0 Å². The number of esters is 1. The van der Waals surface area contributed by atoms with Crippen molar-refractivity contribution in [1.29, 1.82) is 0 Å². The van der Waals surface area contributed by atoms with E-state index in [0.29, 0.717) is 0 Å². The van der Waals surface area contributed by atoms with E-state index in [4.69, 9.17) is 4.74 Å². The van der Waals surface area contributed by atoms with Crippen LogP contribution in [0.25, 0.3) is 0 Å². The van der Waals surface area contributed by atoms with Gasteiger partial charge in [-0.2, -0.15) is 0 Å². The van der Waals surface area contributed by atoms with E-state index in [1.165, 1.54) is 0 Å². The van der Waals surface area contributed by atoms with Gasteiger partial charge < -0.3 is 14.8 Å². The highest BCUT2D eigenvalue weighted by atomic mass is 16.5. The largest absolute Gasteiger partial charge is 0.496 e. The number of carbonyl (C=O) groups excluding carboxylic acids is 2. The van der Waals surface area contributed by atoms with Gasteiger partial charge >= 0.3 is 11.9 Å². The van der Waals surface area contributed by atoms with Gasteiger partial charge in [0.05, 0.1) is 13.7 Å². The van der Waals surface area contributed by atoms with Crippen LogP contribution >= 0.6 is 0 Å². The number of rotatable bonds is 4. The van der Waals surface area contributed by atoms with Gasteiger partial charge in [-0.25, -0.2) is 4.79 Å². The molecule has 0 radical (unpaired) electrons. The Labute approximate surface area is 112 Å². The van der Waals surface area contributed by atoms with Crippen molar-refractivity contribution in [2.45, 2.75) is 27.3 Å². The van der Waals surface area contributed by atoms with E-state index in [0.717, 1.165) is 22.4 Å². The van der Waals surface area contributed by atoms with Crippen LogP contribution in [-0.2, 0) is 20.9 Å². The summed E-state index contributed by atoms with van der Waals surface area (Å²) in [4.78, 5) is 22.5. The van der Waals surface area contributed by atoms with E-state index < -0.39 is 11.9 Å². The van der Waals surface area contributed by atoms with E-state index in [2.05, 4.69) is 10.1 Å². The maximum atomic E-state index is 11.4. The van der Waals surface area contributed by atoms with Crippen LogP contribution in [0.3, 0.4) is 0 Å². The number of hydrogen-bond donors (Lipinski definition) is 1. The molecule has 0 heterocycles. The van der Waals surface area contributed by atoms with E-state index >= 15 is 0 Å². The highest BCUT2D eigenvalue weighted by molar-refractivity contribution is 6.32. The van der Waals surface area contributed by atoms with Crippen LogP contribution in [0.1, 0.15) is 23.6 Å². The quantitative estimate of drug-likeness (QED) is 0.661. The Hall–Kier alpha value is -2.04. The second-order valence-corrected chi connectivity index (χ2v) is 4.17. The molecule has 0 aromatic heterocycles. The van der Waals surface area contributed by atoms with E-state index in [9.17, 15) is 9.59 Å². The minimum Gasteiger partial charge on any atom is -0.496 e. The first kappa shape index (κ1) is 15.0. The molecule has 0 saturated heterocycles. The lowest BCUT2D eigenvalue weighted by Gasteiger charge is -2.11. The SMILES string of the molecule is CCOC(=O)C(=O)NCc1cc(C)c(OC)c(C)c1. The van der Waals surface area contributed by atoms with Crippen molar-refractivity contribution in [2.24, 2.45) is 0 Å². The summed E-state index contributed by atoms with van der Waals surface area (Å²) in [7, 11) is 1.62. The average molecular weight is 265 g/mol. The van der Waals surface area contributed by atoms with Crippen LogP contribution in [-0.4, -0.2) is 25.6 Å². The third-order valence-corrected chi connectivity index (χ3v) is 2.64. The normalized spacial score (nSPS) is 9.89. The molecule has 1 amide bonds. The second-order valence-electron chi connectivity index (χ2n) is 4.17. The van der Waals surface area contributed by atoms with Gasteiger partial charge in [-0.1, -0.05) is 12.1 Å². The van der Waals surface area contributed by atoms with Gasteiger partial charge in [-0.05, 0) is 37.5 Å². The van der Waals surface area contributed by atoms with Crippen LogP contribution in [0, 0.1) is 13.8 Å². The zero-order valence-corrected chi connectivity index (χ0v) is 11.7. The summed E-state index contributed by atoms with van der Waals surface area (Å²) in [5, 5.41) is 2.52. The van der Waals surface area contributed by atoms with Crippen molar-refractivity contribution in [1.82, 2.24) is 5.32 Å². The molecule has 0 saturated carbocycles. The van der Waals surface area contributed by atoms with Crippen molar-refractivity contribution in [3.05, 3.63) is 28.8 Å². The molecule has 104 valence electrons. The minimum absolute atomic E-state index is 0.188. The van der Waals surface area contributed by atoms with Crippen molar-refractivity contribution >= 4 is 11.9 Å². The summed E-state index contributed by atoms with van der Waals surface area (Å²) in [5.41, 5.74) is 2.89. The van der Waals surface area contributed by atoms with Crippen molar-refractivity contribution < 1.29 is 19.1 Å². The average Bonchev–Trinajstić information content (AvgIpc) is 2.36. The number of carbonyl (C=O) groups is 2. The summed E-state index contributed by atoms with van der Waals surface area (Å²) in [6.45, 7) is 5.99. The number of benzene rings is 1. The van der Waals surface area contributed by atoms with Crippen molar-refractivity contribution in [3.8, 4) is 5.75 Å². The van der Waals surface area contributed by atoms with Crippen LogP contribution in [0.2, 0.25) is 0 Å². The minimum atomic E-state index is -0.857. The fourth-order valence-corrected chi connectivity index (χ4v) is 1.92. The molecule has 0 atom stereocenters. The maximum Gasteiger partial charge on any atom is 0.396 e. The molecule has 1 aromatic rings. The highest BCUT2D eigenvalue weighted by Crippen LogP contribution is 2.24. The number of nitrogens with one attached hydrogen (secondary N) is 1. The molecular formula is C14H19NO4. The molecule has 1 N–H and O–H groups in total. The van der Waals surface area contributed by atoms with Gasteiger partial charge in [-0.15, -0.1) is 0 Å². The Morgan fingerprint density at radius 2 is 1.79 bits per heavy atom. The number of amides is 1. The molecule has 5 heteroatoms. The number of hydrogen-bond acceptors (Lipinski definition) is 4. The Morgan fingerprint density at radius 1 is 1.21 bits per heavy atom. The predicted molar refractivity (Wildman–Crippen MR) is 70.9 cm³/mol. The molecule has 0 unspecified atom stereocenters. The standard InChI is InChI=1S/C14H19NO4/c1-5-19-14(17)13(16)15-8-11-6-9(2)12(18-4)10(3)7-11/h6-7H,5,8H2,1-4H3,(H,15,16). The molecule has 1 rings (SSSR count). The summed E-state index contributed by atoms with van der Waals surface area (Å²) in [5.74, 6) is -0.752. The third kappa shape index (κ3) is 3.98. The van der Waals surface area contributed by atoms with Crippen LogP contribution in [0.4, 0.5) is 0 Å². The highest BCUT2D eigenvalue weighted by Gasteiger charge is 2.14. The number of aryl methyl sites for hydroxylation is 2. The molecule has 0 fully saturated rings. The number of ether oxygens (including phenoxy) is 2. The van der Waals surface area contributed by atoms with Crippen LogP contribution < -0.4 is 10.1 Å². The molecule has 0 aliphatic carbocycles. The fraction of sp³-hybridized carbons (Fsp3) is 0.429. The first-order chi connectivity index (χ1) is 8.99. The van der Waals surface area contributed by atoms with Gasteiger partial charge in [0, 0.05) is 6.54 Å². The molecule has 1 aromatic carbocycles. The molecule has 19 heavy (non-hydrogen) atoms. The molecule has 0 bridgehead atoms. The first-order valence-electron chi connectivity index (χ1n) is 6.08. The summed E-state index contributed by atoms with van der Waals surface area (Å²) in [6.07, 6.45) is 0. The lowest BCUT2D eigenvalue weighted by molar-refractivity contribution is -0.154. The lowest BCUT2D eigenvalue weighted by Crippen LogP contribution is -2.32. The Morgan fingerprint density at radius 3 is 2.26 bits per heavy atom. The van der Waals surface area contributed by atoms with Crippen LogP contribution in [0.15, 0.2) is 12.1 Å². The molecule has 0 aliphatic heterocycles. The van der Waals surface area contributed by atoms with Gasteiger partial charge in [0.15, 0.2) is 0 Å². The van der Waals surface area contributed by atoms with Gasteiger partial charge in [0.1, 0.15) is 5.75 Å². The maximum absolute atomic E-state index is 11.4. The Kier molecular flexibility index (Phi) is 5.36. The zero-order chi connectivity index (χ0) is 14.4. The van der Waals surface area contributed by atoms with Gasteiger partial charge in [0.25, 0.3) is 0 Å². The number of methoxy groups -OCH3 is 1. The lowest BCUT2D eigenvalue weighted by atomic mass is 10.1. The Balaban J connectivity index is 2.69. The smallest absolute Gasteiger partial charge is 0.396 e. The second kappa shape index (κ2) is 6.78. The molecule has 5 nitrogen and oxygen atoms in total. The van der Waals surface area contributed by atoms with Crippen molar-refractivity contribution in [2.75, 3.05) is 13.7 Å². The van der Waals surface area contributed by atoms with Gasteiger partial charge in [0.2, 0.25) is 0 Å². The third-order valence-electron chi connectivity index (χ3n) is 2.64.